The number of amides is 1. The summed E-state index contributed by atoms with van der Waals surface area (Å²) in [7, 11) is 0. The second-order valence-corrected chi connectivity index (χ2v) is 4.52. The van der Waals surface area contributed by atoms with E-state index in [1.807, 2.05) is 42.5 Å². The average molecular weight is 270 g/mol. The Labute approximate surface area is 118 Å². The van der Waals surface area contributed by atoms with Crippen LogP contribution in [0.2, 0.25) is 0 Å². The molecular formula is C16H18N2O2. The van der Waals surface area contributed by atoms with Crippen LogP contribution in [0.5, 0.6) is 0 Å². The Hall–Kier alpha value is -2.17. The number of nitrogens with one attached hydrogen (secondary N) is 1. The highest BCUT2D eigenvalue weighted by atomic mass is 16.3. The van der Waals surface area contributed by atoms with E-state index < -0.39 is 6.04 Å². The number of benzene rings is 2. The predicted molar refractivity (Wildman–Crippen MR) is 78.1 cm³/mol. The number of carbonyl (C=O) groups is 1. The molecule has 1 atom stereocenters. The molecule has 0 aromatic heterocycles. The quantitative estimate of drug-likeness (QED) is 0.772. The van der Waals surface area contributed by atoms with Crippen LogP contribution in [0.4, 0.5) is 0 Å². The predicted octanol–water partition coefficient (Wildman–Crippen LogP) is 1.61. The van der Waals surface area contributed by atoms with Crippen molar-refractivity contribution in [2.24, 2.45) is 5.73 Å². The van der Waals surface area contributed by atoms with Crippen molar-refractivity contribution < 1.29 is 9.90 Å². The molecule has 104 valence electrons. The van der Waals surface area contributed by atoms with Crippen LogP contribution in [0.3, 0.4) is 0 Å². The van der Waals surface area contributed by atoms with Gasteiger partial charge in [0.25, 0.3) is 5.91 Å². The van der Waals surface area contributed by atoms with Crippen LogP contribution in [0.25, 0.3) is 0 Å². The molecule has 1 unspecified atom stereocenters. The van der Waals surface area contributed by atoms with Crippen molar-refractivity contribution in [2.75, 3.05) is 6.61 Å². The zero-order valence-electron chi connectivity index (χ0n) is 11.1. The average Bonchev–Trinajstić information content (AvgIpc) is 2.53. The first-order valence-electron chi connectivity index (χ1n) is 6.50. The summed E-state index contributed by atoms with van der Waals surface area (Å²) < 4.78 is 0. The molecule has 0 fully saturated rings. The highest BCUT2D eigenvalue weighted by Gasteiger charge is 2.14. The van der Waals surface area contributed by atoms with Gasteiger partial charge in [0, 0.05) is 12.1 Å². The van der Waals surface area contributed by atoms with Crippen molar-refractivity contribution in [1.82, 2.24) is 5.32 Å². The molecule has 0 aliphatic carbocycles. The van der Waals surface area contributed by atoms with E-state index >= 15 is 0 Å². The molecule has 1 amide bonds. The lowest BCUT2D eigenvalue weighted by atomic mass is 10.1. The highest BCUT2D eigenvalue weighted by Crippen LogP contribution is 2.13. The number of carbonyl (C=O) groups excluding carboxylic acids is 1. The molecule has 4 N–H and O–H groups in total. The fourth-order valence-electron chi connectivity index (χ4n) is 1.95. The molecule has 0 bridgehead atoms. The van der Waals surface area contributed by atoms with Crippen LogP contribution >= 0.6 is 0 Å². The van der Waals surface area contributed by atoms with E-state index in [4.69, 9.17) is 5.73 Å². The first kappa shape index (κ1) is 14.2. The van der Waals surface area contributed by atoms with Crippen LogP contribution in [0, 0.1) is 0 Å². The lowest BCUT2D eigenvalue weighted by molar-refractivity contribution is 0.0916. The number of aliphatic hydroxyl groups is 1. The van der Waals surface area contributed by atoms with E-state index in [0.717, 1.165) is 11.1 Å². The maximum absolute atomic E-state index is 12.1. The van der Waals surface area contributed by atoms with Gasteiger partial charge in [-0.3, -0.25) is 4.79 Å². The summed E-state index contributed by atoms with van der Waals surface area (Å²) in [5.41, 5.74) is 7.93. The summed E-state index contributed by atoms with van der Waals surface area (Å²) in [5, 5.41) is 12.2. The summed E-state index contributed by atoms with van der Waals surface area (Å²) in [6.45, 7) is 0.307. The molecule has 20 heavy (non-hydrogen) atoms. The van der Waals surface area contributed by atoms with Gasteiger partial charge in [-0.15, -0.1) is 0 Å². The topological polar surface area (TPSA) is 75.4 Å². The third kappa shape index (κ3) is 3.44. The van der Waals surface area contributed by atoms with Crippen LogP contribution in [-0.2, 0) is 6.54 Å². The summed E-state index contributed by atoms with van der Waals surface area (Å²) >= 11 is 0. The summed E-state index contributed by atoms with van der Waals surface area (Å²) in [4.78, 5) is 12.1. The third-order valence-corrected chi connectivity index (χ3v) is 3.14. The van der Waals surface area contributed by atoms with Crippen LogP contribution < -0.4 is 11.1 Å². The Morgan fingerprint density at radius 1 is 1.10 bits per heavy atom. The van der Waals surface area contributed by atoms with Gasteiger partial charge in [-0.1, -0.05) is 42.5 Å². The molecule has 0 heterocycles. The number of nitrogens with two attached hydrogens (primary N) is 1. The Kier molecular flexibility index (Phi) is 4.87. The highest BCUT2D eigenvalue weighted by molar-refractivity contribution is 5.94. The Morgan fingerprint density at radius 2 is 1.75 bits per heavy atom. The van der Waals surface area contributed by atoms with Gasteiger partial charge in [-0.05, 0) is 23.3 Å². The van der Waals surface area contributed by atoms with Gasteiger partial charge in [0.05, 0.1) is 12.6 Å². The van der Waals surface area contributed by atoms with E-state index in [1.165, 1.54) is 0 Å². The minimum atomic E-state index is -0.405. The van der Waals surface area contributed by atoms with E-state index in [1.54, 1.807) is 12.1 Å². The minimum Gasteiger partial charge on any atom is -0.394 e. The summed E-state index contributed by atoms with van der Waals surface area (Å²) in [6, 6.07) is 16.1. The van der Waals surface area contributed by atoms with Crippen LogP contribution in [0.15, 0.2) is 54.6 Å². The van der Waals surface area contributed by atoms with Gasteiger partial charge < -0.3 is 16.2 Å². The van der Waals surface area contributed by atoms with Crippen LogP contribution in [-0.4, -0.2) is 17.6 Å². The molecule has 0 radical (unpaired) electrons. The Bertz CT molecular complexity index is 552. The van der Waals surface area contributed by atoms with Gasteiger partial charge in [0.1, 0.15) is 0 Å². The molecule has 0 spiro atoms. The molecule has 0 aliphatic rings. The van der Waals surface area contributed by atoms with Crippen molar-refractivity contribution in [3.05, 3.63) is 71.3 Å². The number of hydrogen-bond donors (Lipinski definition) is 3. The molecule has 2 aromatic rings. The third-order valence-electron chi connectivity index (χ3n) is 3.14. The normalized spacial score (nSPS) is 11.9. The van der Waals surface area contributed by atoms with Crippen LogP contribution in [0.1, 0.15) is 27.5 Å². The molecule has 2 rings (SSSR count). The molecule has 4 heteroatoms. The van der Waals surface area contributed by atoms with Crippen molar-refractivity contribution >= 4 is 5.91 Å². The van der Waals surface area contributed by atoms with E-state index in [2.05, 4.69) is 5.32 Å². The van der Waals surface area contributed by atoms with Crippen molar-refractivity contribution in [3.63, 3.8) is 0 Å². The van der Waals surface area contributed by atoms with Crippen molar-refractivity contribution in [3.8, 4) is 0 Å². The SMILES string of the molecule is NCc1ccc(C(=O)NC(CO)c2ccccc2)cc1. The van der Waals surface area contributed by atoms with Gasteiger partial charge in [0.2, 0.25) is 0 Å². The van der Waals surface area contributed by atoms with Gasteiger partial charge >= 0.3 is 0 Å². The van der Waals surface area contributed by atoms with Gasteiger partial charge in [-0.25, -0.2) is 0 Å². The largest absolute Gasteiger partial charge is 0.394 e. The standard InChI is InChI=1S/C16H18N2O2/c17-10-12-6-8-14(9-7-12)16(20)18-15(11-19)13-4-2-1-3-5-13/h1-9,15,19H,10-11,17H2,(H,18,20). The monoisotopic (exact) mass is 270 g/mol. The Balaban J connectivity index is 2.09. The van der Waals surface area contributed by atoms with Gasteiger partial charge in [0.15, 0.2) is 0 Å². The molecule has 4 nitrogen and oxygen atoms in total. The Morgan fingerprint density at radius 3 is 2.30 bits per heavy atom. The van der Waals surface area contributed by atoms with Crippen molar-refractivity contribution in [1.29, 1.82) is 0 Å². The fourth-order valence-corrected chi connectivity index (χ4v) is 1.95. The number of rotatable bonds is 5. The lowest BCUT2D eigenvalue weighted by Gasteiger charge is -2.16. The second-order valence-electron chi connectivity index (χ2n) is 4.52. The number of aliphatic hydroxyl groups excluding tert-OH is 1. The first-order valence-corrected chi connectivity index (χ1v) is 6.50. The van der Waals surface area contributed by atoms with Crippen molar-refractivity contribution in [2.45, 2.75) is 12.6 Å². The summed E-state index contributed by atoms with van der Waals surface area (Å²) in [6.07, 6.45) is 0. The smallest absolute Gasteiger partial charge is 0.251 e. The first-order chi connectivity index (χ1) is 9.74. The lowest BCUT2D eigenvalue weighted by Crippen LogP contribution is -2.30. The minimum absolute atomic E-state index is 0.142. The van der Waals surface area contributed by atoms with E-state index in [0.29, 0.717) is 12.1 Å². The molecule has 0 saturated heterocycles. The van der Waals surface area contributed by atoms with Gasteiger partial charge in [-0.2, -0.15) is 0 Å². The van der Waals surface area contributed by atoms with E-state index in [-0.39, 0.29) is 12.5 Å². The maximum Gasteiger partial charge on any atom is 0.251 e. The number of hydrogen-bond acceptors (Lipinski definition) is 3. The zero-order chi connectivity index (χ0) is 14.4. The zero-order valence-corrected chi connectivity index (χ0v) is 11.1. The molecule has 0 aliphatic heterocycles. The van der Waals surface area contributed by atoms with E-state index in [9.17, 15) is 9.90 Å². The second kappa shape index (κ2) is 6.84. The summed E-state index contributed by atoms with van der Waals surface area (Å²) in [5.74, 6) is -0.212. The molecular weight excluding hydrogens is 252 g/mol. The fraction of sp³-hybridized carbons (Fsp3) is 0.188. The molecule has 2 aromatic carbocycles. The maximum atomic E-state index is 12.1. The molecule has 0 saturated carbocycles.